The van der Waals surface area contributed by atoms with Crippen molar-refractivity contribution in [2.75, 3.05) is 60.1 Å². The summed E-state index contributed by atoms with van der Waals surface area (Å²) in [6.45, 7) is 10.1. The molecule has 204 valence electrons. The molecular formula is C27H49N7O2. The Morgan fingerprint density at radius 1 is 0.944 bits per heavy atom. The summed E-state index contributed by atoms with van der Waals surface area (Å²) >= 11 is 0. The lowest BCUT2D eigenvalue weighted by Gasteiger charge is -2.49. The van der Waals surface area contributed by atoms with Crippen molar-refractivity contribution in [3.05, 3.63) is 0 Å². The zero-order valence-electron chi connectivity index (χ0n) is 22.8. The zero-order chi connectivity index (χ0) is 24.9. The fourth-order valence-electron chi connectivity index (χ4n) is 8.11. The lowest BCUT2D eigenvalue weighted by molar-refractivity contribution is -0.0867. The maximum Gasteiger partial charge on any atom is 0.159 e. The number of likely N-dealkylation sites (tertiary alicyclic amines) is 3. The van der Waals surface area contributed by atoms with Gasteiger partial charge in [-0.25, -0.2) is 5.01 Å². The van der Waals surface area contributed by atoms with Crippen LogP contribution >= 0.6 is 0 Å². The van der Waals surface area contributed by atoms with Crippen LogP contribution in [0.25, 0.3) is 0 Å². The smallest absolute Gasteiger partial charge is 0.159 e. The number of aliphatic hydroxyl groups is 1. The molecule has 6 unspecified atom stereocenters. The Balaban J connectivity index is 0.932. The first-order valence-corrected chi connectivity index (χ1v) is 14.8. The number of piperidine rings is 3. The van der Waals surface area contributed by atoms with Crippen molar-refractivity contribution in [2.45, 2.75) is 89.3 Å². The van der Waals surface area contributed by atoms with Gasteiger partial charge in [-0.3, -0.25) is 14.8 Å². The SMILES string of the molecule is CC1C(CCN2CCC3(CC2)CCN(C2COC(O)C2C2CC2)CC3)CCC(N2CN(C)N=N2)N1C. The van der Waals surface area contributed by atoms with E-state index in [-0.39, 0.29) is 0 Å². The Bertz CT molecular complexity index is 776. The summed E-state index contributed by atoms with van der Waals surface area (Å²) in [5.74, 6) is 1.83. The van der Waals surface area contributed by atoms with Crippen molar-refractivity contribution in [2.24, 2.45) is 33.6 Å². The molecule has 5 aliphatic heterocycles. The van der Waals surface area contributed by atoms with Gasteiger partial charge in [0.2, 0.25) is 0 Å². The Kier molecular flexibility index (Phi) is 7.22. The quantitative estimate of drug-likeness (QED) is 0.598. The topological polar surface area (TPSA) is 70.4 Å². The summed E-state index contributed by atoms with van der Waals surface area (Å²) < 4.78 is 5.70. The number of ether oxygens (including phenoxy) is 1. The van der Waals surface area contributed by atoms with E-state index in [1.165, 1.54) is 90.5 Å². The minimum Gasteiger partial charge on any atom is -0.368 e. The van der Waals surface area contributed by atoms with E-state index in [4.69, 9.17) is 4.74 Å². The second-order valence-corrected chi connectivity index (χ2v) is 13.0. The summed E-state index contributed by atoms with van der Waals surface area (Å²) in [6.07, 6.45) is 11.6. The molecule has 1 spiro atoms. The van der Waals surface area contributed by atoms with Gasteiger partial charge in [0, 0.05) is 25.0 Å². The first-order chi connectivity index (χ1) is 17.4. The molecule has 0 aromatic rings. The summed E-state index contributed by atoms with van der Waals surface area (Å²) in [5.41, 5.74) is 0.559. The number of aliphatic hydroxyl groups excluding tert-OH is 1. The molecular weight excluding hydrogens is 454 g/mol. The molecule has 36 heavy (non-hydrogen) atoms. The van der Waals surface area contributed by atoms with Gasteiger partial charge in [0.15, 0.2) is 6.29 Å². The predicted octanol–water partition coefficient (Wildman–Crippen LogP) is 2.84. The van der Waals surface area contributed by atoms with Crippen molar-refractivity contribution in [1.29, 1.82) is 0 Å². The molecule has 6 atom stereocenters. The van der Waals surface area contributed by atoms with Crippen molar-refractivity contribution < 1.29 is 9.84 Å². The van der Waals surface area contributed by atoms with Crippen LogP contribution in [0.4, 0.5) is 0 Å². The highest BCUT2D eigenvalue weighted by atomic mass is 16.6. The van der Waals surface area contributed by atoms with Crippen LogP contribution in [-0.4, -0.2) is 114 Å². The molecule has 0 amide bonds. The van der Waals surface area contributed by atoms with E-state index in [2.05, 4.69) is 44.1 Å². The third-order valence-electron chi connectivity index (χ3n) is 11.0. The Hall–Kier alpha value is -1.00. The minimum atomic E-state index is -0.522. The molecule has 1 aliphatic carbocycles. The van der Waals surface area contributed by atoms with Crippen LogP contribution in [-0.2, 0) is 4.74 Å². The molecule has 4 saturated heterocycles. The van der Waals surface area contributed by atoms with Gasteiger partial charge in [-0.05, 0) is 127 Å². The second kappa shape index (κ2) is 10.3. The molecule has 5 fully saturated rings. The third-order valence-corrected chi connectivity index (χ3v) is 11.0. The number of rotatable bonds is 6. The van der Waals surface area contributed by atoms with Crippen LogP contribution in [0.15, 0.2) is 10.4 Å². The summed E-state index contributed by atoms with van der Waals surface area (Å²) in [4.78, 5) is 7.96. The lowest BCUT2D eigenvalue weighted by atomic mass is 9.70. The highest BCUT2D eigenvalue weighted by Crippen LogP contribution is 2.47. The normalized spacial score (nSPS) is 40.6. The van der Waals surface area contributed by atoms with Crippen LogP contribution in [0.2, 0.25) is 0 Å². The zero-order valence-corrected chi connectivity index (χ0v) is 22.8. The fourth-order valence-corrected chi connectivity index (χ4v) is 8.11. The number of hydrogen-bond acceptors (Lipinski definition) is 9. The lowest BCUT2D eigenvalue weighted by Crippen LogP contribution is -2.54. The summed E-state index contributed by atoms with van der Waals surface area (Å²) in [5, 5.41) is 23.0. The number of hydrogen-bond donors (Lipinski definition) is 1. The standard InChI is InChI=1S/C27H49N7O2/c1-20-21(6-7-24(31(20)3)34-19-30(2)28-29-34)8-13-32-14-9-27(10-15-32)11-16-33(17-12-27)23-18-36-26(35)25(23)22-4-5-22/h20-26,35H,4-19H2,1-3H3. The fraction of sp³-hybridized carbons (Fsp3) is 1.00. The van der Waals surface area contributed by atoms with Crippen molar-refractivity contribution >= 4 is 0 Å². The van der Waals surface area contributed by atoms with Gasteiger partial charge in [-0.2, -0.15) is 0 Å². The summed E-state index contributed by atoms with van der Waals surface area (Å²) in [6, 6.07) is 1.04. The second-order valence-electron chi connectivity index (χ2n) is 13.0. The van der Waals surface area contributed by atoms with Gasteiger partial charge in [0.1, 0.15) is 12.8 Å². The highest BCUT2D eigenvalue weighted by Gasteiger charge is 2.49. The Morgan fingerprint density at radius 3 is 2.33 bits per heavy atom. The van der Waals surface area contributed by atoms with E-state index < -0.39 is 6.29 Å². The van der Waals surface area contributed by atoms with Gasteiger partial charge >= 0.3 is 0 Å². The van der Waals surface area contributed by atoms with Crippen molar-refractivity contribution in [1.82, 2.24) is 24.7 Å². The molecule has 0 aromatic heterocycles. The van der Waals surface area contributed by atoms with E-state index in [1.54, 1.807) is 0 Å². The largest absolute Gasteiger partial charge is 0.368 e. The monoisotopic (exact) mass is 503 g/mol. The molecule has 9 nitrogen and oxygen atoms in total. The molecule has 6 aliphatic rings. The molecule has 0 aromatic carbocycles. The van der Waals surface area contributed by atoms with Gasteiger partial charge in [0.05, 0.1) is 6.61 Å². The highest BCUT2D eigenvalue weighted by molar-refractivity contribution is 4.99. The molecule has 1 saturated carbocycles. The average Bonchev–Trinajstić information content (AvgIpc) is 3.51. The first-order valence-electron chi connectivity index (χ1n) is 14.8. The minimum absolute atomic E-state index is 0.360. The van der Waals surface area contributed by atoms with Crippen LogP contribution in [0.5, 0.6) is 0 Å². The maximum atomic E-state index is 10.4. The van der Waals surface area contributed by atoms with E-state index >= 15 is 0 Å². The van der Waals surface area contributed by atoms with Crippen LogP contribution in [0.3, 0.4) is 0 Å². The summed E-state index contributed by atoms with van der Waals surface area (Å²) in [7, 11) is 4.27. The first kappa shape index (κ1) is 25.3. The molecule has 9 heteroatoms. The molecule has 1 N–H and O–H groups in total. The predicted molar refractivity (Wildman–Crippen MR) is 139 cm³/mol. The molecule has 6 rings (SSSR count). The van der Waals surface area contributed by atoms with E-state index in [9.17, 15) is 5.11 Å². The molecule has 5 heterocycles. The number of nitrogens with zero attached hydrogens (tertiary/aromatic N) is 7. The van der Waals surface area contributed by atoms with Gasteiger partial charge in [0.25, 0.3) is 0 Å². The van der Waals surface area contributed by atoms with Gasteiger partial charge in [-0.1, -0.05) is 5.22 Å². The Morgan fingerprint density at radius 2 is 1.67 bits per heavy atom. The van der Waals surface area contributed by atoms with Crippen molar-refractivity contribution in [3.8, 4) is 0 Å². The Labute approximate surface area is 217 Å². The third kappa shape index (κ3) is 5.03. The van der Waals surface area contributed by atoms with Gasteiger partial charge < -0.3 is 14.7 Å². The van der Waals surface area contributed by atoms with E-state index in [0.717, 1.165) is 19.2 Å². The van der Waals surface area contributed by atoms with E-state index in [0.29, 0.717) is 35.5 Å². The maximum absolute atomic E-state index is 10.4. The van der Waals surface area contributed by atoms with Crippen LogP contribution in [0, 0.1) is 23.2 Å². The molecule has 0 bridgehead atoms. The van der Waals surface area contributed by atoms with E-state index in [1.807, 2.05) is 12.1 Å². The van der Waals surface area contributed by atoms with Crippen molar-refractivity contribution in [3.63, 3.8) is 0 Å². The van der Waals surface area contributed by atoms with Gasteiger partial charge in [-0.15, -0.1) is 0 Å². The van der Waals surface area contributed by atoms with Crippen LogP contribution < -0.4 is 0 Å². The average molecular weight is 504 g/mol. The molecule has 0 radical (unpaired) electrons. The van der Waals surface area contributed by atoms with Crippen LogP contribution in [0.1, 0.15) is 64.7 Å².